The first-order chi connectivity index (χ1) is 18.5. The third-order valence-electron chi connectivity index (χ3n) is 6.17. The number of carboxylic acid groups (broad SMARTS) is 1. The maximum absolute atomic E-state index is 14.3. The molecule has 2 heterocycles. The number of rotatable bonds is 10. The molecule has 0 spiro atoms. The van der Waals surface area contributed by atoms with Crippen LogP contribution in [-0.4, -0.2) is 49.2 Å². The van der Waals surface area contributed by atoms with Crippen molar-refractivity contribution in [2.75, 3.05) is 20.8 Å². The van der Waals surface area contributed by atoms with E-state index in [4.69, 9.17) is 14.2 Å². The zero-order valence-electron chi connectivity index (χ0n) is 23.4. The first-order valence-corrected chi connectivity index (χ1v) is 14.3. The largest absolute Gasteiger partial charge is 1.00 e. The van der Waals surface area contributed by atoms with E-state index in [0.717, 1.165) is 22.6 Å². The van der Waals surface area contributed by atoms with Crippen LogP contribution in [0.5, 0.6) is 17.2 Å². The third-order valence-corrected chi connectivity index (χ3v) is 9.24. The molecule has 2 aromatic carbocycles. The van der Waals surface area contributed by atoms with Crippen molar-refractivity contribution in [3.8, 4) is 17.2 Å². The van der Waals surface area contributed by atoms with Crippen LogP contribution in [0.15, 0.2) is 46.6 Å². The minimum atomic E-state index is -4.17. The minimum Gasteiger partial charge on any atom is -0.546 e. The van der Waals surface area contributed by atoms with E-state index in [2.05, 4.69) is 9.97 Å². The van der Waals surface area contributed by atoms with Gasteiger partial charge in [-0.05, 0) is 63.1 Å². The second kappa shape index (κ2) is 12.8. The van der Waals surface area contributed by atoms with Crippen LogP contribution in [0.4, 0.5) is 0 Å². The maximum Gasteiger partial charge on any atom is 1.00 e. The zero-order chi connectivity index (χ0) is 28.5. The number of carbonyl (C=O) groups is 1. The van der Waals surface area contributed by atoms with E-state index in [0.29, 0.717) is 33.7 Å². The van der Waals surface area contributed by atoms with Crippen LogP contribution in [-0.2, 0) is 20.6 Å². The Morgan fingerprint density at radius 2 is 1.68 bits per heavy atom. The molecule has 0 bridgehead atoms. The second-order valence-corrected chi connectivity index (χ2v) is 11.6. The van der Waals surface area contributed by atoms with Gasteiger partial charge in [-0.2, -0.15) is 0 Å². The number of thioether (sulfide) groups is 1. The molecule has 0 fully saturated rings. The summed E-state index contributed by atoms with van der Waals surface area (Å²) in [5.41, 5.74) is 4.16. The van der Waals surface area contributed by atoms with E-state index in [-0.39, 0.29) is 45.4 Å². The smallest absolute Gasteiger partial charge is 0.546 e. The molecule has 10 nitrogen and oxygen atoms in total. The van der Waals surface area contributed by atoms with Crippen molar-refractivity contribution in [3.63, 3.8) is 0 Å². The summed E-state index contributed by atoms with van der Waals surface area (Å²) >= 11 is 1.24. The van der Waals surface area contributed by atoms with Crippen LogP contribution < -0.4 is 48.9 Å². The Morgan fingerprint density at radius 1 is 1.00 bits per heavy atom. The quantitative estimate of drug-likeness (QED) is 0.187. The van der Waals surface area contributed by atoms with Crippen LogP contribution in [0.25, 0.3) is 11.0 Å². The summed E-state index contributed by atoms with van der Waals surface area (Å²) in [6.45, 7) is 6.44. The van der Waals surface area contributed by atoms with Crippen molar-refractivity contribution in [3.05, 3.63) is 64.5 Å². The van der Waals surface area contributed by atoms with Crippen molar-refractivity contribution in [1.82, 2.24) is 13.9 Å². The first-order valence-electron chi connectivity index (χ1n) is 11.9. The molecule has 0 saturated heterocycles. The molecule has 0 atom stereocenters. The number of aryl methyl sites for hydroxylation is 3. The molecule has 0 unspecified atom stereocenters. The number of hydrogen-bond acceptors (Lipinski definition) is 10. The molecule has 0 aliphatic rings. The van der Waals surface area contributed by atoms with Crippen molar-refractivity contribution in [1.29, 1.82) is 0 Å². The number of ether oxygens (including phenoxy) is 3. The molecule has 0 radical (unpaired) electrons. The van der Waals surface area contributed by atoms with Gasteiger partial charge in [0.2, 0.25) is 0 Å². The fraction of sp³-hybridized carbons (Fsp3) is 0.296. The molecule has 2 aromatic heterocycles. The number of aromatic nitrogens is 3. The Morgan fingerprint density at radius 3 is 2.27 bits per heavy atom. The summed E-state index contributed by atoms with van der Waals surface area (Å²) in [6.07, 6.45) is 1.73. The van der Waals surface area contributed by atoms with Gasteiger partial charge in [0.1, 0.15) is 23.9 Å². The number of hydrogen-bond donors (Lipinski definition) is 0. The van der Waals surface area contributed by atoms with E-state index < -0.39 is 22.6 Å². The van der Waals surface area contributed by atoms with Gasteiger partial charge in [-0.25, -0.2) is 17.4 Å². The van der Waals surface area contributed by atoms with Gasteiger partial charge in [0, 0.05) is 29.1 Å². The van der Waals surface area contributed by atoms with Gasteiger partial charge in [-0.3, -0.25) is 4.98 Å². The number of nitrogens with zero attached hydrogens (tertiary/aromatic N) is 3. The molecule has 206 valence electrons. The molecule has 13 heteroatoms. The van der Waals surface area contributed by atoms with Crippen LogP contribution in [0, 0.1) is 27.7 Å². The Balaban J connectivity index is 0.00000441. The number of aliphatic carboxylic acids is 1. The van der Waals surface area contributed by atoms with Crippen LogP contribution >= 0.6 is 11.8 Å². The molecule has 0 N–H and O–H groups in total. The average molecular weight is 594 g/mol. The number of carbonyl (C=O) groups excluding carboxylic acids is 1. The van der Waals surface area contributed by atoms with E-state index in [1.807, 2.05) is 13.8 Å². The number of carboxylic acids is 1. The van der Waals surface area contributed by atoms with Gasteiger partial charge < -0.3 is 24.1 Å². The summed E-state index contributed by atoms with van der Waals surface area (Å²) in [6, 6.07) is 8.03. The van der Waals surface area contributed by atoms with Crippen LogP contribution in [0.2, 0.25) is 0 Å². The summed E-state index contributed by atoms with van der Waals surface area (Å²) in [4.78, 5) is 20.1. The average Bonchev–Trinajstić information content (AvgIpc) is 3.25. The molecular weight excluding hydrogens is 565 g/mol. The van der Waals surface area contributed by atoms with E-state index >= 15 is 0 Å². The van der Waals surface area contributed by atoms with Crippen LogP contribution in [0.3, 0.4) is 0 Å². The first kappa shape index (κ1) is 31.8. The van der Waals surface area contributed by atoms with Gasteiger partial charge in [-0.15, -0.1) is 0 Å². The van der Waals surface area contributed by atoms with Gasteiger partial charge in [0.25, 0.3) is 10.0 Å². The van der Waals surface area contributed by atoms with Gasteiger partial charge in [-0.1, -0.05) is 11.8 Å². The third kappa shape index (κ3) is 6.26. The Labute approximate surface area is 259 Å². The monoisotopic (exact) mass is 593 g/mol. The molecule has 0 amide bonds. The SMILES string of the molecule is COc1ccc2nc(SCc3ncc(C)c(OC)c3C)n(S(=O)(=O)c3c(C)cc(OCC(=O)[O-])cc3C)c2c1.[Na+]. The van der Waals surface area contributed by atoms with E-state index in [9.17, 15) is 18.3 Å². The Kier molecular flexibility index (Phi) is 10.2. The van der Waals surface area contributed by atoms with Crippen molar-refractivity contribution in [2.45, 2.75) is 43.5 Å². The molecule has 0 aliphatic heterocycles. The molecule has 4 rings (SSSR count). The number of imidazole rings is 1. The Bertz CT molecular complexity index is 1660. The normalized spacial score (nSPS) is 11.2. The number of fused-ring (bicyclic) bond motifs is 1. The molecular formula is C27H28N3NaO7S2. The number of benzene rings is 2. The minimum absolute atomic E-state index is 0. The zero-order valence-corrected chi connectivity index (χ0v) is 27.0. The fourth-order valence-corrected chi connectivity index (χ4v) is 7.60. The van der Waals surface area contributed by atoms with Crippen LogP contribution in [0.1, 0.15) is 27.9 Å². The number of pyridine rings is 1. The standard InChI is InChI=1S/C27H29N3O7S2.Na/c1-15-9-20(37-13-24(31)32)10-16(2)26(15)39(33,34)30-23-11-19(35-5)7-8-21(23)29-27(30)38-14-22-18(4)25(36-6)17(3)12-28-22;/h7-12H,13-14H2,1-6H3,(H,31,32);/q;+1/p-1. The molecule has 0 aliphatic carbocycles. The van der Waals surface area contributed by atoms with Crippen molar-refractivity contribution < 1.29 is 62.1 Å². The number of methoxy groups -OCH3 is 2. The maximum atomic E-state index is 14.3. The van der Waals surface area contributed by atoms with Gasteiger partial charge in [0.05, 0.1) is 41.8 Å². The van der Waals surface area contributed by atoms with E-state index in [1.165, 1.54) is 35.0 Å². The van der Waals surface area contributed by atoms with Crippen molar-refractivity contribution >= 4 is 38.8 Å². The fourth-order valence-electron chi connectivity index (χ4n) is 4.45. The van der Waals surface area contributed by atoms with Gasteiger partial charge >= 0.3 is 29.6 Å². The van der Waals surface area contributed by atoms with E-state index in [1.54, 1.807) is 45.4 Å². The molecule has 0 saturated carbocycles. The molecule has 40 heavy (non-hydrogen) atoms. The summed E-state index contributed by atoms with van der Waals surface area (Å²) in [7, 11) is -1.07. The summed E-state index contributed by atoms with van der Waals surface area (Å²) in [5, 5.41) is 11.1. The predicted molar refractivity (Wildman–Crippen MR) is 145 cm³/mol. The second-order valence-electron chi connectivity index (χ2n) is 8.90. The predicted octanol–water partition coefficient (Wildman–Crippen LogP) is 0.344. The molecule has 4 aromatic rings. The summed E-state index contributed by atoms with van der Waals surface area (Å²) in [5.74, 6) is 0.425. The van der Waals surface area contributed by atoms with Gasteiger partial charge in [0.15, 0.2) is 5.16 Å². The topological polar surface area (TPSA) is 133 Å². The Hall–Kier alpha value is -2.77. The van der Waals surface area contributed by atoms with Crippen molar-refractivity contribution in [2.24, 2.45) is 0 Å². The summed E-state index contributed by atoms with van der Waals surface area (Å²) < 4.78 is 45.8.